The van der Waals surface area contributed by atoms with Crippen LogP contribution in [0.5, 0.6) is 5.75 Å². The fraction of sp³-hybridized carbons (Fsp3) is 0.312. The number of hydrogen-bond donors (Lipinski definition) is 2. The molecule has 23 heavy (non-hydrogen) atoms. The summed E-state index contributed by atoms with van der Waals surface area (Å²) in [4.78, 5) is 23.1. The van der Waals surface area contributed by atoms with Gasteiger partial charge in [-0.2, -0.15) is 5.10 Å². The van der Waals surface area contributed by atoms with E-state index < -0.39 is 5.97 Å². The Hall–Kier alpha value is -2.83. The SMILES string of the molecule is Cc1ccc(NC(=O)COc2c(C)nn(C)c2C)cc1C(=O)O. The minimum absolute atomic E-state index is 0.155. The lowest BCUT2D eigenvalue weighted by molar-refractivity contribution is -0.118. The first-order valence-electron chi connectivity index (χ1n) is 7.06. The van der Waals surface area contributed by atoms with E-state index in [0.717, 1.165) is 5.69 Å². The number of hydrogen-bond acceptors (Lipinski definition) is 4. The Morgan fingerprint density at radius 3 is 2.57 bits per heavy atom. The summed E-state index contributed by atoms with van der Waals surface area (Å²) >= 11 is 0. The van der Waals surface area contributed by atoms with Crippen molar-refractivity contribution in [1.29, 1.82) is 0 Å². The zero-order valence-electron chi connectivity index (χ0n) is 13.5. The third-order valence-electron chi connectivity index (χ3n) is 3.54. The van der Waals surface area contributed by atoms with Gasteiger partial charge in [0.2, 0.25) is 0 Å². The summed E-state index contributed by atoms with van der Waals surface area (Å²) in [6.07, 6.45) is 0. The smallest absolute Gasteiger partial charge is 0.336 e. The average molecular weight is 317 g/mol. The molecule has 0 aliphatic carbocycles. The summed E-state index contributed by atoms with van der Waals surface area (Å²) in [5.74, 6) is -0.818. The number of carbonyl (C=O) groups is 2. The molecule has 2 rings (SSSR count). The van der Waals surface area contributed by atoms with Crippen molar-refractivity contribution in [2.45, 2.75) is 20.8 Å². The van der Waals surface area contributed by atoms with E-state index in [1.54, 1.807) is 37.7 Å². The lowest BCUT2D eigenvalue weighted by Crippen LogP contribution is -2.20. The lowest BCUT2D eigenvalue weighted by Gasteiger charge is -2.09. The number of nitrogens with zero attached hydrogens (tertiary/aromatic N) is 2. The highest BCUT2D eigenvalue weighted by Crippen LogP contribution is 2.21. The second-order valence-electron chi connectivity index (χ2n) is 5.30. The number of nitrogens with one attached hydrogen (secondary N) is 1. The molecule has 0 bridgehead atoms. The lowest BCUT2D eigenvalue weighted by atomic mass is 10.1. The van der Waals surface area contributed by atoms with Crippen LogP contribution >= 0.6 is 0 Å². The van der Waals surface area contributed by atoms with E-state index in [1.807, 2.05) is 6.92 Å². The van der Waals surface area contributed by atoms with Gasteiger partial charge in [0.05, 0.1) is 11.3 Å². The summed E-state index contributed by atoms with van der Waals surface area (Å²) in [5.41, 5.74) is 2.75. The van der Waals surface area contributed by atoms with Gasteiger partial charge in [0.15, 0.2) is 12.4 Å². The van der Waals surface area contributed by atoms with Crippen LogP contribution in [0, 0.1) is 20.8 Å². The molecule has 0 aliphatic rings. The van der Waals surface area contributed by atoms with Gasteiger partial charge in [0, 0.05) is 12.7 Å². The van der Waals surface area contributed by atoms with Crippen molar-refractivity contribution in [3.8, 4) is 5.75 Å². The average Bonchev–Trinajstić information content (AvgIpc) is 2.72. The van der Waals surface area contributed by atoms with Crippen molar-refractivity contribution in [2.75, 3.05) is 11.9 Å². The molecule has 1 heterocycles. The predicted molar refractivity (Wildman–Crippen MR) is 84.9 cm³/mol. The summed E-state index contributed by atoms with van der Waals surface area (Å²) in [6, 6.07) is 4.73. The van der Waals surface area contributed by atoms with Gasteiger partial charge in [-0.1, -0.05) is 6.07 Å². The molecule has 0 spiro atoms. The van der Waals surface area contributed by atoms with Crippen LogP contribution in [0.15, 0.2) is 18.2 Å². The first-order valence-corrected chi connectivity index (χ1v) is 7.06. The van der Waals surface area contributed by atoms with Crippen LogP contribution in [0.1, 0.15) is 27.3 Å². The largest absolute Gasteiger partial charge is 0.480 e. The third-order valence-corrected chi connectivity index (χ3v) is 3.54. The number of benzene rings is 1. The Bertz CT molecular complexity index is 765. The number of carboxylic acids is 1. The van der Waals surface area contributed by atoms with Gasteiger partial charge in [-0.05, 0) is 38.5 Å². The number of amides is 1. The number of rotatable bonds is 5. The molecule has 1 aromatic heterocycles. The molecule has 2 aromatic rings. The Morgan fingerprint density at radius 1 is 1.30 bits per heavy atom. The van der Waals surface area contributed by atoms with Crippen molar-refractivity contribution in [3.05, 3.63) is 40.7 Å². The van der Waals surface area contributed by atoms with E-state index in [9.17, 15) is 9.59 Å². The standard InChI is InChI=1S/C16H19N3O4/c1-9-5-6-12(7-13(9)16(21)22)17-14(20)8-23-15-10(2)18-19(4)11(15)3/h5-7H,8H2,1-4H3,(H,17,20)(H,21,22). The van der Waals surface area contributed by atoms with Gasteiger partial charge < -0.3 is 15.2 Å². The maximum Gasteiger partial charge on any atom is 0.336 e. The van der Waals surface area contributed by atoms with E-state index in [0.29, 0.717) is 22.7 Å². The van der Waals surface area contributed by atoms with E-state index in [1.165, 1.54) is 6.07 Å². The van der Waals surface area contributed by atoms with Crippen LogP contribution in [0.25, 0.3) is 0 Å². The Kier molecular flexibility index (Phi) is 4.68. The van der Waals surface area contributed by atoms with Crippen LogP contribution in [0.4, 0.5) is 5.69 Å². The zero-order chi connectivity index (χ0) is 17.1. The van der Waals surface area contributed by atoms with Crippen LogP contribution in [-0.4, -0.2) is 33.4 Å². The maximum absolute atomic E-state index is 12.0. The molecule has 0 radical (unpaired) electrons. The van der Waals surface area contributed by atoms with E-state index in [4.69, 9.17) is 9.84 Å². The Balaban J connectivity index is 2.03. The van der Waals surface area contributed by atoms with Crippen molar-refractivity contribution >= 4 is 17.6 Å². The molecular formula is C16H19N3O4. The number of aromatic nitrogens is 2. The first kappa shape index (κ1) is 16.5. The molecule has 0 unspecified atom stereocenters. The summed E-state index contributed by atoms with van der Waals surface area (Å²) in [7, 11) is 1.80. The minimum Gasteiger partial charge on any atom is -0.480 e. The number of ether oxygens (including phenoxy) is 1. The van der Waals surface area contributed by atoms with Crippen LogP contribution in [0.3, 0.4) is 0 Å². The quantitative estimate of drug-likeness (QED) is 0.880. The molecule has 7 heteroatoms. The normalized spacial score (nSPS) is 10.4. The number of aromatic carboxylic acids is 1. The van der Waals surface area contributed by atoms with Crippen molar-refractivity contribution in [1.82, 2.24) is 9.78 Å². The second-order valence-corrected chi connectivity index (χ2v) is 5.30. The highest BCUT2D eigenvalue weighted by molar-refractivity contribution is 5.95. The predicted octanol–water partition coefficient (Wildman–Crippen LogP) is 2.06. The molecule has 1 aromatic carbocycles. The summed E-state index contributed by atoms with van der Waals surface area (Å²) in [5, 5.41) is 15.9. The molecule has 0 saturated carbocycles. The number of carbonyl (C=O) groups excluding carboxylic acids is 1. The van der Waals surface area contributed by atoms with Gasteiger partial charge in [0.25, 0.3) is 5.91 Å². The van der Waals surface area contributed by atoms with E-state index >= 15 is 0 Å². The fourth-order valence-electron chi connectivity index (χ4n) is 2.23. The van der Waals surface area contributed by atoms with Gasteiger partial charge >= 0.3 is 5.97 Å². The van der Waals surface area contributed by atoms with Gasteiger partial charge in [-0.25, -0.2) is 4.79 Å². The van der Waals surface area contributed by atoms with Crippen LogP contribution in [-0.2, 0) is 11.8 Å². The van der Waals surface area contributed by atoms with Gasteiger partial charge in [-0.3, -0.25) is 9.48 Å². The Labute approximate surface area is 133 Å². The zero-order valence-corrected chi connectivity index (χ0v) is 13.5. The van der Waals surface area contributed by atoms with Crippen LogP contribution < -0.4 is 10.1 Å². The molecular weight excluding hydrogens is 298 g/mol. The minimum atomic E-state index is -1.03. The number of carboxylic acid groups (broad SMARTS) is 1. The van der Waals surface area contributed by atoms with E-state index in [2.05, 4.69) is 10.4 Å². The van der Waals surface area contributed by atoms with Gasteiger partial charge in [0.1, 0.15) is 5.69 Å². The third kappa shape index (κ3) is 3.68. The summed E-state index contributed by atoms with van der Waals surface area (Å²) < 4.78 is 7.19. The molecule has 0 fully saturated rings. The molecule has 0 saturated heterocycles. The number of aryl methyl sites for hydroxylation is 3. The number of anilines is 1. The second kappa shape index (κ2) is 6.51. The highest BCUT2D eigenvalue weighted by Gasteiger charge is 2.13. The van der Waals surface area contributed by atoms with Crippen LogP contribution in [0.2, 0.25) is 0 Å². The van der Waals surface area contributed by atoms with E-state index in [-0.39, 0.29) is 18.1 Å². The molecule has 0 aliphatic heterocycles. The highest BCUT2D eigenvalue weighted by atomic mass is 16.5. The summed E-state index contributed by atoms with van der Waals surface area (Å²) in [6.45, 7) is 5.18. The Morgan fingerprint density at radius 2 is 2.00 bits per heavy atom. The van der Waals surface area contributed by atoms with Crippen molar-refractivity contribution < 1.29 is 19.4 Å². The molecule has 7 nitrogen and oxygen atoms in total. The molecule has 2 N–H and O–H groups in total. The van der Waals surface area contributed by atoms with Crippen molar-refractivity contribution in [2.24, 2.45) is 7.05 Å². The molecule has 122 valence electrons. The van der Waals surface area contributed by atoms with Gasteiger partial charge in [-0.15, -0.1) is 0 Å². The molecule has 0 atom stereocenters. The first-order chi connectivity index (χ1) is 10.8. The van der Waals surface area contributed by atoms with Crippen molar-refractivity contribution in [3.63, 3.8) is 0 Å². The monoisotopic (exact) mass is 317 g/mol. The maximum atomic E-state index is 12.0. The topological polar surface area (TPSA) is 93.5 Å². The fourth-order valence-corrected chi connectivity index (χ4v) is 2.23. The molecule has 1 amide bonds.